The average molecular weight is 458 g/mol. The molecule has 0 amide bonds. The van der Waals surface area contributed by atoms with Crippen molar-refractivity contribution >= 4 is 17.7 Å². The van der Waals surface area contributed by atoms with Gasteiger partial charge < -0.3 is 9.84 Å². The van der Waals surface area contributed by atoms with Crippen molar-refractivity contribution in [3.8, 4) is 11.5 Å². The normalized spacial score (nSPS) is 12.7. The van der Waals surface area contributed by atoms with Gasteiger partial charge in [0.1, 0.15) is 11.5 Å². The van der Waals surface area contributed by atoms with Crippen LogP contribution in [-0.2, 0) is 10.8 Å². The van der Waals surface area contributed by atoms with Crippen LogP contribution in [0.25, 0.3) is 0 Å². The van der Waals surface area contributed by atoms with Crippen molar-refractivity contribution in [2.24, 2.45) is 10.1 Å². The Hall–Kier alpha value is -3.60. The molecule has 3 aromatic rings. The van der Waals surface area contributed by atoms with Crippen molar-refractivity contribution in [3.63, 3.8) is 0 Å². The van der Waals surface area contributed by atoms with Gasteiger partial charge in [-0.2, -0.15) is 5.10 Å². The lowest BCUT2D eigenvalue weighted by molar-refractivity contribution is 0.415. The summed E-state index contributed by atoms with van der Waals surface area (Å²) in [6.45, 7) is 12.6. The van der Waals surface area contributed by atoms with E-state index in [1.54, 1.807) is 13.3 Å². The smallest absolute Gasteiger partial charge is 0.154 e. The fraction of sp³-hybridized carbons (Fsp3) is 0.310. The number of hydrogen-bond donors (Lipinski definition) is 2. The minimum absolute atomic E-state index is 0.246. The van der Waals surface area contributed by atoms with Gasteiger partial charge in [0.2, 0.25) is 0 Å². The molecule has 0 heterocycles. The van der Waals surface area contributed by atoms with Crippen molar-refractivity contribution < 1.29 is 9.84 Å². The summed E-state index contributed by atoms with van der Waals surface area (Å²) in [4.78, 5) is 4.85. The summed E-state index contributed by atoms with van der Waals surface area (Å²) in [6.07, 6.45) is 1.75. The Labute approximate surface area is 203 Å². The predicted molar refractivity (Wildman–Crippen MR) is 142 cm³/mol. The van der Waals surface area contributed by atoms with Crippen molar-refractivity contribution in [1.29, 1.82) is 0 Å². The summed E-state index contributed by atoms with van der Waals surface area (Å²) in [5.74, 6) is 1.74. The van der Waals surface area contributed by atoms with E-state index >= 15 is 0 Å². The fourth-order valence-corrected chi connectivity index (χ4v) is 3.56. The molecule has 178 valence electrons. The summed E-state index contributed by atoms with van der Waals surface area (Å²) in [5.41, 5.74) is 7.01. The Kier molecular flexibility index (Phi) is 7.45. The van der Waals surface area contributed by atoms with Gasteiger partial charge in [0.25, 0.3) is 0 Å². The van der Waals surface area contributed by atoms with Gasteiger partial charge in [-0.1, -0.05) is 59.7 Å². The molecule has 0 aromatic heterocycles. The number of rotatable bonds is 5. The number of aromatic hydroxyl groups is 1. The maximum atomic E-state index is 11.1. The number of aliphatic imine (C=N–C) groups is 1. The van der Waals surface area contributed by atoms with E-state index in [2.05, 4.69) is 52.1 Å². The van der Waals surface area contributed by atoms with Crippen LogP contribution in [0.1, 0.15) is 63.8 Å². The van der Waals surface area contributed by atoms with Crippen LogP contribution in [0.2, 0.25) is 0 Å². The molecule has 0 atom stereocenters. The number of ether oxygens (including phenoxy) is 1. The molecule has 0 unspecified atom stereocenters. The third kappa shape index (κ3) is 6.25. The molecule has 0 aliphatic carbocycles. The monoisotopic (exact) mass is 457 g/mol. The molecule has 0 spiro atoms. The lowest BCUT2D eigenvalue weighted by atomic mass is 9.78. The van der Waals surface area contributed by atoms with Gasteiger partial charge in [0, 0.05) is 16.7 Å². The Balaban J connectivity index is 2.09. The quantitative estimate of drug-likeness (QED) is 0.255. The molecule has 0 bridgehead atoms. The van der Waals surface area contributed by atoms with Crippen LogP contribution in [0.4, 0.5) is 5.69 Å². The maximum absolute atomic E-state index is 11.1. The topological polar surface area (TPSA) is 66.2 Å². The minimum atomic E-state index is -0.246. The van der Waals surface area contributed by atoms with E-state index in [1.807, 2.05) is 66.7 Å². The van der Waals surface area contributed by atoms with E-state index in [0.717, 1.165) is 33.7 Å². The Bertz CT molecular complexity index is 1130. The summed E-state index contributed by atoms with van der Waals surface area (Å²) >= 11 is 0. The van der Waals surface area contributed by atoms with Crippen molar-refractivity contribution in [1.82, 2.24) is 5.43 Å². The largest absolute Gasteiger partial charge is 0.507 e. The first-order valence-corrected chi connectivity index (χ1v) is 11.4. The van der Waals surface area contributed by atoms with Crippen LogP contribution in [0.3, 0.4) is 0 Å². The molecular formula is C29H35N3O2. The average Bonchev–Trinajstić information content (AvgIpc) is 2.78. The van der Waals surface area contributed by atoms with Gasteiger partial charge in [-0.05, 0) is 64.9 Å². The number of phenolic OH excluding ortho intramolecular Hbond substituents is 1. The van der Waals surface area contributed by atoms with E-state index in [9.17, 15) is 5.11 Å². The molecule has 2 N–H and O–H groups in total. The fourth-order valence-electron chi connectivity index (χ4n) is 3.56. The molecule has 3 rings (SSSR count). The number of para-hydroxylation sites is 1. The van der Waals surface area contributed by atoms with E-state index in [-0.39, 0.29) is 10.8 Å². The summed E-state index contributed by atoms with van der Waals surface area (Å²) in [7, 11) is 1.65. The zero-order valence-electron chi connectivity index (χ0n) is 21.2. The lowest BCUT2D eigenvalue weighted by Crippen LogP contribution is -2.23. The van der Waals surface area contributed by atoms with Crippen LogP contribution >= 0.6 is 0 Å². The summed E-state index contributed by atoms with van der Waals surface area (Å²) < 4.78 is 5.22. The molecule has 0 aliphatic heterocycles. The maximum Gasteiger partial charge on any atom is 0.154 e. The first kappa shape index (κ1) is 25.0. The molecule has 0 aliphatic rings. The molecule has 0 fully saturated rings. The summed E-state index contributed by atoms with van der Waals surface area (Å²) in [6, 6.07) is 21.4. The highest BCUT2D eigenvalue weighted by molar-refractivity contribution is 6.01. The van der Waals surface area contributed by atoms with Crippen LogP contribution in [-0.4, -0.2) is 24.3 Å². The number of benzene rings is 3. The minimum Gasteiger partial charge on any atom is -0.507 e. The SMILES string of the molecule is COc1ccc(/C=N/NC(=Nc2ccccc2)c2cc(C(C)(C)C)c(O)c(C(C)(C)C)c2)cc1. The molecule has 0 radical (unpaired) electrons. The Morgan fingerprint density at radius 2 is 1.41 bits per heavy atom. The highest BCUT2D eigenvalue weighted by Gasteiger charge is 2.27. The standard InChI is InChI=1S/C29H35N3O2/c1-28(2,3)24-17-21(18-25(26(24)33)29(4,5)6)27(31-22-11-9-8-10-12-22)32-30-19-20-13-15-23(34-7)16-14-20/h8-19,33H,1-7H3,(H,31,32)/b30-19+. The molecular weight excluding hydrogens is 422 g/mol. The van der Waals surface area contributed by atoms with E-state index in [0.29, 0.717) is 11.6 Å². The number of nitrogens with one attached hydrogen (secondary N) is 1. The van der Waals surface area contributed by atoms with Crippen LogP contribution in [0.15, 0.2) is 76.8 Å². The second-order valence-corrected chi connectivity index (χ2v) is 10.4. The molecule has 0 saturated heterocycles. The number of methoxy groups -OCH3 is 1. The first-order chi connectivity index (χ1) is 16.0. The summed E-state index contributed by atoms with van der Waals surface area (Å²) in [5, 5.41) is 15.6. The molecule has 5 nitrogen and oxygen atoms in total. The number of hydrogen-bond acceptors (Lipinski definition) is 4. The van der Waals surface area contributed by atoms with Crippen molar-refractivity contribution in [3.05, 3.63) is 89.0 Å². The Morgan fingerprint density at radius 1 is 0.853 bits per heavy atom. The third-order valence-corrected chi connectivity index (χ3v) is 5.50. The molecule has 0 saturated carbocycles. The zero-order valence-corrected chi connectivity index (χ0v) is 21.2. The molecule has 3 aromatic carbocycles. The second kappa shape index (κ2) is 10.1. The third-order valence-electron chi connectivity index (χ3n) is 5.50. The van der Waals surface area contributed by atoms with E-state index < -0.39 is 0 Å². The van der Waals surface area contributed by atoms with Crippen LogP contribution in [0, 0.1) is 0 Å². The highest BCUT2D eigenvalue weighted by atomic mass is 16.5. The van der Waals surface area contributed by atoms with E-state index in [4.69, 9.17) is 9.73 Å². The highest BCUT2D eigenvalue weighted by Crippen LogP contribution is 2.40. The van der Waals surface area contributed by atoms with Gasteiger partial charge in [-0.25, -0.2) is 4.99 Å². The lowest BCUT2D eigenvalue weighted by Gasteiger charge is -2.28. The second-order valence-electron chi connectivity index (χ2n) is 10.4. The number of hydrazone groups is 1. The van der Waals surface area contributed by atoms with Gasteiger partial charge in [0.05, 0.1) is 19.0 Å². The van der Waals surface area contributed by atoms with Gasteiger partial charge >= 0.3 is 0 Å². The molecule has 34 heavy (non-hydrogen) atoms. The van der Waals surface area contributed by atoms with Gasteiger partial charge in [-0.15, -0.1) is 0 Å². The van der Waals surface area contributed by atoms with Crippen LogP contribution in [0.5, 0.6) is 11.5 Å². The number of nitrogens with zero attached hydrogens (tertiary/aromatic N) is 2. The number of phenols is 1. The van der Waals surface area contributed by atoms with Gasteiger partial charge in [0.15, 0.2) is 5.84 Å². The molecule has 5 heteroatoms. The first-order valence-electron chi connectivity index (χ1n) is 11.4. The van der Waals surface area contributed by atoms with Crippen LogP contribution < -0.4 is 10.2 Å². The van der Waals surface area contributed by atoms with Crippen molar-refractivity contribution in [2.45, 2.75) is 52.4 Å². The van der Waals surface area contributed by atoms with E-state index in [1.165, 1.54) is 0 Å². The Morgan fingerprint density at radius 3 is 1.91 bits per heavy atom. The zero-order chi connectivity index (χ0) is 24.9. The van der Waals surface area contributed by atoms with Gasteiger partial charge in [-0.3, -0.25) is 5.43 Å². The van der Waals surface area contributed by atoms with Crippen molar-refractivity contribution in [2.75, 3.05) is 7.11 Å². The number of amidine groups is 1. The predicted octanol–water partition coefficient (Wildman–Crippen LogP) is 6.70.